The van der Waals surface area contributed by atoms with Gasteiger partial charge in [0.15, 0.2) is 22.1 Å². The minimum Gasteiger partial charge on any atom is -0.353 e. The van der Waals surface area contributed by atoms with Gasteiger partial charge < -0.3 is 9.47 Å². The van der Waals surface area contributed by atoms with Gasteiger partial charge in [-0.15, -0.1) is 10.2 Å². The van der Waals surface area contributed by atoms with E-state index in [1.807, 2.05) is 10.6 Å². The fourth-order valence-corrected chi connectivity index (χ4v) is 3.81. The molecule has 0 radical (unpaired) electrons. The monoisotopic (exact) mass is 418 g/mol. The minimum absolute atomic E-state index is 0.307. The minimum atomic E-state index is -0.365. The van der Waals surface area contributed by atoms with Crippen molar-refractivity contribution in [3.8, 4) is 0 Å². The molecule has 0 aromatic carbocycles. The van der Waals surface area contributed by atoms with Crippen molar-refractivity contribution in [1.29, 1.82) is 0 Å². The maximum Gasteiger partial charge on any atom is 0.332 e. The van der Waals surface area contributed by atoms with E-state index in [1.165, 1.54) is 11.6 Å². The van der Waals surface area contributed by atoms with E-state index in [0.29, 0.717) is 22.9 Å². The van der Waals surface area contributed by atoms with E-state index in [-0.39, 0.29) is 11.2 Å². The molecule has 3 aromatic rings. The molecular weight excluding hydrogens is 396 g/mol. The SMILES string of the molecule is Cn1c(=O)c2c(ncn2CCCN2CCN(c3ccc(Cl)nn3)CC2)n(C)c1=O. The van der Waals surface area contributed by atoms with Crippen LogP contribution in [0.3, 0.4) is 0 Å². The number of rotatable bonds is 5. The van der Waals surface area contributed by atoms with Crippen LogP contribution in [-0.4, -0.2) is 66.5 Å². The molecule has 1 aliphatic rings. The Morgan fingerprint density at radius 3 is 2.45 bits per heavy atom. The van der Waals surface area contributed by atoms with E-state index < -0.39 is 0 Å². The fourth-order valence-electron chi connectivity index (χ4n) is 3.71. The molecule has 3 aromatic heterocycles. The number of hydrogen-bond acceptors (Lipinski definition) is 7. The van der Waals surface area contributed by atoms with Gasteiger partial charge in [-0.25, -0.2) is 9.78 Å². The molecule has 0 spiro atoms. The Balaban J connectivity index is 1.35. The van der Waals surface area contributed by atoms with Crippen molar-refractivity contribution in [2.24, 2.45) is 14.1 Å². The summed E-state index contributed by atoms with van der Waals surface area (Å²) in [5.74, 6) is 0.848. The van der Waals surface area contributed by atoms with E-state index in [4.69, 9.17) is 11.6 Å². The van der Waals surface area contributed by atoms with Crippen LogP contribution in [0.4, 0.5) is 5.82 Å². The zero-order valence-corrected chi connectivity index (χ0v) is 17.2. The molecule has 10 nitrogen and oxygen atoms in total. The van der Waals surface area contributed by atoms with Gasteiger partial charge >= 0.3 is 5.69 Å². The molecule has 0 N–H and O–H groups in total. The van der Waals surface area contributed by atoms with Crippen LogP contribution < -0.4 is 16.1 Å². The lowest BCUT2D eigenvalue weighted by Crippen LogP contribution is -2.47. The summed E-state index contributed by atoms with van der Waals surface area (Å²) in [6, 6.07) is 3.65. The van der Waals surface area contributed by atoms with E-state index in [0.717, 1.165) is 49.5 Å². The highest BCUT2D eigenvalue weighted by atomic mass is 35.5. The molecule has 0 amide bonds. The second kappa shape index (κ2) is 7.96. The predicted molar refractivity (Wildman–Crippen MR) is 111 cm³/mol. The quantitative estimate of drug-likeness (QED) is 0.579. The van der Waals surface area contributed by atoms with Crippen molar-refractivity contribution < 1.29 is 0 Å². The van der Waals surface area contributed by atoms with Crippen molar-refractivity contribution in [2.75, 3.05) is 37.6 Å². The van der Waals surface area contributed by atoms with Gasteiger partial charge in [0, 0.05) is 46.8 Å². The van der Waals surface area contributed by atoms with Gasteiger partial charge in [0.05, 0.1) is 6.33 Å². The van der Waals surface area contributed by atoms with Crippen LogP contribution in [0.25, 0.3) is 11.2 Å². The van der Waals surface area contributed by atoms with E-state index in [2.05, 4.69) is 25.0 Å². The van der Waals surface area contributed by atoms with Crippen LogP contribution >= 0.6 is 11.6 Å². The van der Waals surface area contributed by atoms with Crippen LogP contribution in [0, 0.1) is 0 Å². The van der Waals surface area contributed by atoms with Crippen LogP contribution in [0.2, 0.25) is 5.15 Å². The number of nitrogens with zero attached hydrogens (tertiary/aromatic N) is 8. The van der Waals surface area contributed by atoms with Crippen LogP contribution in [0.15, 0.2) is 28.0 Å². The van der Waals surface area contributed by atoms with Crippen molar-refractivity contribution in [2.45, 2.75) is 13.0 Å². The highest BCUT2D eigenvalue weighted by molar-refractivity contribution is 6.29. The maximum absolute atomic E-state index is 12.5. The summed E-state index contributed by atoms with van der Waals surface area (Å²) in [5.41, 5.74) is 0.228. The molecule has 0 unspecified atom stereocenters. The lowest BCUT2D eigenvalue weighted by Gasteiger charge is -2.35. The summed E-state index contributed by atoms with van der Waals surface area (Å²) in [4.78, 5) is 33.4. The second-order valence-corrected chi connectivity index (χ2v) is 7.60. The molecule has 154 valence electrons. The first kappa shape index (κ1) is 19.6. The Bertz CT molecular complexity index is 1130. The predicted octanol–water partition coefficient (Wildman–Crippen LogP) is 0.0894. The zero-order valence-electron chi connectivity index (χ0n) is 16.5. The van der Waals surface area contributed by atoms with Crippen molar-refractivity contribution >= 4 is 28.6 Å². The standard InChI is InChI=1S/C18H23ClN8O2/c1-23-16-15(17(28)24(2)18(23)29)27(12-20-16)7-3-6-25-8-10-26(11-9-25)14-5-4-13(19)21-22-14/h4-5,12H,3,6-11H2,1-2H3. The molecule has 0 saturated carbocycles. The molecule has 0 aliphatic carbocycles. The molecule has 1 aliphatic heterocycles. The molecule has 29 heavy (non-hydrogen) atoms. The van der Waals surface area contributed by atoms with Gasteiger partial charge in [0.1, 0.15) is 0 Å². The zero-order chi connectivity index (χ0) is 20.5. The van der Waals surface area contributed by atoms with Gasteiger partial charge in [-0.05, 0) is 25.1 Å². The number of aryl methyl sites for hydroxylation is 2. The normalized spacial score (nSPS) is 15.3. The number of hydrogen-bond donors (Lipinski definition) is 0. The van der Waals surface area contributed by atoms with Crippen molar-refractivity contribution in [3.05, 3.63) is 44.5 Å². The molecule has 4 heterocycles. The molecular formula is C18H23ClN8O2. The van der Waals surface area contributed by atoms with E-state index in [9.17, 15) is 9.59 Å². The lowest BCUT2D eigenvalue weighted by atomic mass is 10.3. The summed E-state index contributed by atoms with van der Waals surface area (Å²) in [6.07, 6.45) is 2.53. The molecule has 1 fully saturated rings. The largest absolute Gasteiger partial charge is 0.353 e. The first-order valence-corrected chi connectivity index (χ1v) is 9.91. The van der Waals surface area contributed by atoms with Gasteiger partial charge in [0.25, 0.3) is 5.56 Å². The smallest absolute Gasteiger partial charge is 0.332 e. The first-order valence-electron chi connectivity index (χ1n) is 9.53. The summed E-state index contributed by atoms with van der Waals surface area (Å²) >= 11 is 5.80. The van der Waals surface area contributed by atoms with Crippen molar-refractivity contribution in [3.63, 3.8) is 0 Å². The number of piperazine rings is 1. The topological polar surface area (TPSA) is 94.1 Å². The molecule has 1 saturated heterocycles. The lowest BCUT2D eigenvalue weighted by molar-refractivity contribution is 0.250. The Hall–Kier alpha value is -2.72. The number of anilines is 1. The maximum atomic E-state index is 12.5. The third kappa shape index (κ3) is 3.77. The van der Waals surface area contributed by atoms with Gasteiger partial charge in [-0.1, -0.05) is 11.6 Å². The average Bonchev–Trinajstić information content (AvgIpc) is 3.16. The third-order valence-corrected chi connectivity index (χ3v) is 5.61. The molecule has 4 rings (SSSR count). The summed E-state index contributed by atoms with van der Waals surface area (Å²) in [6.45, 7) is 5.23. The molecule has 11 heteroatoms. The first-order chi connectivity index (χ1) is 14.0. The van der Waals surface area contributed by atoms with Crippen LogP contribution in [0.1, 0.15) is 6.42 Å². The van der Waals surface area contributed by atoms with Crippen LogP contribution in [-0.2, 0) is 20.6 Å². The molecule has 0 bridgehead atoms. The van der Waals surface area contributed by atoms with Gasteiger partial charge in [-0.2, -0.15) is 0 Å². The second-order valence-electron chi connectivity index (χ2n) is 7.21. The fraction of sp³-hybridized carbons (Fsp3) is 0.500. The highest BCUT2D eigenvalue weighted by Gasteiger charge is 2.19. The number of fused-ring (bicyclic) bond motifs is 1. The Labute approximate surface area is 172 Å². The molecule has 0 atom stereocenters. The third-order valence-electron chi connectivity index (χ3n) is 5.40. The Morgan fingerprint density at radius 1 is 1.00 bits per heavy atom. The number of aromatic nitrogens is 6. The highest BCUT2D eigenvalue weighted by Crippen LogP contribution is 2.14. The summed E-state index contributed by atoms with van der Waals surface area (Å²) in [5, 5.41) is 8.44. The van der Waals surface area contributed by atoms with Crippen LogP contribution in [0.5, 0.6) is 0 Å². The Morgan fingerprint density at radius 2 is 1.76 bits per heavy atom. The van der Waals surface area contributed by atoms with Gasteiger partial charge in [-0.3, -0.25) is 18.8 Å². The Kier molecular flexibility index (Phi) is 5.37. The van der Waals surface area contributed by atoms with E-state index in [1.54, 1.807) is 19.4 Å². The summed E-state index contributed by atoms with van der Waals surface area (Å²) < 4.78 is 4.38. The summed E-state index contributed by atoms with van der Waals surface area (Å²) in [7, 11) is 3.12. The average molecular weight is 419 g/mol. The van der Waals surface area contributed by atoms with Crippen molar-refractivity contribution in [1.82, 2.24) is 33.8 Å². The van der Waals surface area contributed by atoms with E-state index >= 15 is 0 Å². The van der Waals surface area contributed by atoms with Gasteiger partial charge in [0.2, 0.25) is 0 Å². The number of halogens is 1. The number of imidazole rings is 1.